The Bertz CT molecular complexity index is 743. The van der Waals surface area contributed by atoms with Crippen molar-refractivity contribution in [2.75, 3.05) is 11.9 Å². The van der Waals surface area contributed by atoms with Crippen LogP contribution in [-0.4, -0.2) is 7.05 Å². The van der Waals surface area contributed by atoms with Gasteiger partial charge in [-0.25, -0.2) is 0 Å². The molecule has 122 valence electrons. The summed E-state index contributed by atoms with van der Waals surface area (Å²) in [4.78, 5) is 2.43. The summed E-state index contributed by atoms with van der Waals surface area (Å²) >= 11 is 0. The maximum atomic E-state index is 2.45. The van der Waals surface area contributed by atoms with E-state index in [0.717, 1.165) is 23.7 Å². The number of fused-ring (bicyclic) bond motifs is 2. The first-order valence-electron chi connectivity index (χ1n) is 9.71. The maximum absolute atomic E-state index is 2.45. The van der Waals surface area contributed by atoms with Gasteiger partial charge in [0, 0.05) is 23.8 Å². The lowest BCUT2D eigenvalue weighted by atomic mass is 9.41. The molecule has 7 rings (SSSR count). The second-order valence-electron chi connectivity index (χ2n) is 8.77. The van der Waals surface area contributed by atoms with E-state index in [2.05, 4.69) is 60.5 Å². The Morgan fingerprint density at radius 1 is 0.708 bits per heavy atom. The minimum Gasteiger partial charge on any atom is -0.344 e. The highest BCUT2D eigenvalue weighted by Gasteiger charge is 2.60. The fourth-order valence-corrected chi connectivity index (χ4v) is 7.31. The van der Waals surface area contributed by atoms with Gasteiger partial charge in [-0.3, -0.25) is 0 Å². The summed E-state index contributed by atoms with van der Waals surface area (Å²) in [6.07, 6.45) is 7.35. The standard InChI is InChI=1S/C23H25N/c1-24-21-8-4-2-6-19(21)23(20-7-3-5-9-22(20)24)17-11-15-10-16(13-17)14-18(23)12-15/h2-9,15-18H,10-14H2,1H3. The molecule has 5 aliphatic rings. The van der Waals surface area contributed by atoms with E-state index >= 15 is 0 Å². The van der Waals surface area contributed by atoms with E-state index in [9.17, 15) is 0 Å². The van der Waals surface area contributed by atoms with Crippen LogP contribution in [0.3, 0.4) is 0 Å². The lowest BCUT2D eigenvalue weighted by Gasteiger charge is -2.64. The smallest absolute Gasteiger partial charge is 0.0450 e. The Balaban J connectivity index is 1.69. The molecule has 24 heavy (non-hydrogen) atoms. The van der Waals surface area contributed by atoms with Gasteiger partial charge in [0.25, 0.3) is 0 Å². The lowest BCUT2D eigenvalue weighted by molar-refractivity contribution is -0.0419. The van der Waals surface area contributed by atoms with Crippen molar-refractivity contribution in [3.05, 3.63) is 59.7 Å². The average molecular weight is 315 g/mol. The van der Waals surface area contributed by atoms with Crippen LogP contribution in [0, 0.1) is 23.7 Å². The molecular weight excluding hydrogens is 290 g/mol. The number of benzene rings is 2. The predicted octanol–water partition coefficient (Wildman–Crippen LogP) is 5.51. The summed E-state index contributed by atoms with van der Waals surface area (Å²) in [5, 5.41) is 0. The first-order chi connectivity index (χ1) is 11.8. The number of para-hydroxylation sites is 2. The molecule has 0 saturated heterocycles. The monoisotopic (exact) mass is 315 g/mol. The fraction of sp³-hybridized carbons (Fsp3) is 0.478. The molecule has 1 nitrogen and oxygen atoms in total. The Hall–Kier alpha value is -1.76. The molecule has 1 heterocycles. The van der Waals surface area contributed by atoms with Gasteiger partial charge >= 0.3 is 0 Å². The molecule has 0 atom stereocenters. The Kier molecular flexibility index (Phi) is 2.50. The van der Waals surface area contributed by atoms with Gasteiger partial charge in [-0.05, 0) is 79.0 Å². The number of hydrogen-bond donors (Lipinski definition) is 0. The van der Waals surface area contributed by atoms with Crippen molar-refractivity contribution >= 4 is 11.4 Å². The minimum atomic E-state index is 0.285. The molecule has 4 fully saturated rings. The van der Waals surface area contributed by atoms with E-state index in [0.29, 0.717) is 0 Å². The molecule has 0 N–H and O–H groups in total. The Morgan fingerprint density at radius 3 is 1.67 bits per heavy atom. The maximum Gasteiger partial charge on any atom is 0.0450 e. The molecule has 1 heteroatoms. The molecule has 4 saturated carbocycles. The van der Waals surface area contributed by atoms with Gasteiger partial charge in [0.15, 0.2) is 0 Å². The van der Waals surface area contributed by atoms with Crippen molar-refractivity contribution < 1.29 is 0 Å². The van der Waals surface area contributed by atoms with E-state index in [4.69, 9.17) is 0 Å². The van der Waals surface area contributed by atoms with Crippen LogP contribution in [0.4, 0.5) is 11.4 Å². The quantitative estimate of drug-likeness (QED) is 0.619. The number of nitrogens with zero attached hydrogens (tertiary/aromatic N) is 1. The minimum absolute atomic E-state index is 0.285. The van der Waals surface area contributed by atoms with Gasteiger partial charge in [-0.2, -0.15) is 0 Å². The zero-order chi connectivity index (χ0) is 15.9. The Morgan fingerprint density at radius 2 is 1.17 bits per heavy atom. The van der Waals surface area contributed by atoms with E-state index in [1.54, 1.807) is 11.1 Å². The van der Waals surface area contributed by atoms with Gasteiger partial charge in [-0.15, -0.1) is 0 Å². The molecular formula is C23H25N. The summed E-state index contributed by atoms with van der Waals surface area (Å²) in [6.45, 7) is 0. The molecule has 2 aromatic rings. The predicted molar refractivity (Wildman–Crippen MR) is 98.8 cm³/mol. The van der Waals surface area contributed by atoms with Crippen LogP contribution >= 0.6 is 0 Å². The van der Waals surface area contributed by atoms with Gasteiger partial charge < -0.3 is 4.90 Å². The van der Waals surface area contributed by atoms with Crippen molar-refractivity contribution in [3.63, 3.8) is 0 Å². The van der Waals surface area contributed by atoms with Crippen LogP contribution < -0.4 is 4.90 Å². The van der Waals surface area contributed by atoms with Crippen molar-refractivity contribution in [3.8, 4) is 0 Å². The van der Waals surface area contributed by atoms with Crippen molar-refractivity contribution in [1.82, 2.24) is 0 Å². The molecule has 0 radical (unpaired) electrons. The number of anilines is 2. The van der Waals surface area contributed by atoms with Crippen LogP contribution in [0.25, 0.3) is 0 Å². The largest absolute Gasteiger partial charge is 0.344 e. The number of hydrogen-bond acceptors (Lipinski definition) is 1. The zero-order valence-corrected chi connectivity index (χ0v) is 14.4. The Labute approximate surface area is 144 Å². The topological polar surface area (TPSA) is 3.24 Å². The second kappa shape index (κ2) is 4.45. The highest BCUT2D eigenvalue weighted by atomic mass is 15.1. The summed E-state index contributed by atoms with van der Waals surface area (Å²) in [5.74, 6) is 3.73. The lowest BCUT2D eigenvalue weighted by Crippen LogP contribution is -2.57. The number of rotatable bonds is 0. The molecule has 1 spiro atoms. The van der Waals surface area contributed by atoms with E-state index in [1.807, 2.05) is 0 Å². The normalized spacial score (nSPS) is 34.3. The van der Waals surface area contributed by atoms with E-state index < -0.39 is 0 Å². The molecule has 0 amide bonds. The molecule has 2 aromatic carbocycles. The summed E-state index contributed by atoms with van der Waals surface area (Å²) in [6, 6.07) is 18.6. The van der Waals surface area contributed by atoms with Gasteiger partial charge in [0.05, 0.1) is 0 Å². The van der Waals surface area contributed by atoms with E-state index in [-0.39, 0.29) is 5.41 Å². The third-order valence-electron chi connectivity index (χ3n) is 7.85. The summed E-state index contributed by atoms with van der Waals surface area (Å²) < 4.78 is 0. The van der Waals surface area contributed by atoms with Gasteiger partial charge in [0.2, 0.25) is 0 Å². The first-order valence-corrected chi connectivity index (χ1v) is 9.71. The highest BCUT2D eigenvalue weighted by molar-refractivity contribution is 5.78. The van der Waals surface area contributed by atoms with Crippen LogP contribution in [0.1, 0.15) is 43.2 Å². The molecule has 4 aliphatic carbocycles. The fourth-order valence-electron chi connectivity index (χ4n) is 7.31. The average Bonchev–Trinajstić information content (AvgIpc) is 2.61. The van der Waals surface area contributed by atoms with Gasteiger partial charge in [0.1, 0.15) is 0 Å². The van der Waals surface area contributed by atoms with Crippen LogP contribution in [0.5, 0.6) is 0 Å². The molecule has 0 unspecified atom stereocenters. The first kappa shape index (κ1) is 13.5. The van der Waals surface area contributed by atoms with Crippen LogP contribution in [0.2, 0.25) is 0 Å². The van der Waals surface area contributed by atoms with E-state index in [1.165, 1.54) is 43.5 Å². The van der Waals surface area contributed by atoms with Crippen LogP contribution in [-0.2, 0) is 5.41 Å². The van der Waals surface area contributed by atoms with Crippen molar-refractivity contribution in [2.24, 2.45) is 23.7 Å². The third kappa shape index (κ3) is 1.44. The third-order valence-corrected chi connectivity index (χ3v) is 7.85. The van der Waals surface area contributed by atoms with Crippen molar-refractivity contribution in [1.29, 1.82) is 0 Å². The molecule has 4 bridgehead atoms. The highest BCUT2D eigenvalue weighted by Crippen LogP contribution is 2.68. The molecule has 0 aromatic heterocycles. The summed E-state index contributed by atoms with van der Waals surface area (Å²) in [7, 11) is 2.25. The SMILES string of the molecule is CN1c2ccccc2C2(c3ccccc31)C1CC3CC(C1)CC2C3. The summed E-state index contributed by atoms with van der Waals surface area (Å²) in [5.41, 5.74) is 6.43. The van der Waals surface area contributed by atoms with Crippen LogP contribution in [0.15, 0.2) is 48.5 Å². The van der Waals surface area contributed by atoms with Crippen molar-refractivity contribution in [2.45, 2.75) is 37.5 Å². The zero-order valence-electron chi connectivity index (χ0n) is 14.4. The second-order valence-corrected chi connectivity index (χ2v) is 8.77. The molecule has 1 aliphatic heterocycles. The van der Waals surface area contributed by atoms with Gasteiger partial charge in [-0.1, -0.05) is 36.4 Å².